The second-order valence-electron chi connectivity index (χ2n) is 5.27. The van der Waals surface area contributed by atoms with Crippen molar-refractivity contribution < 1.29 is 19.0 Å². The van der Waals surface area contributed by atoms with Crippen LogP contribution in [0.2, 0.25) is 0 Å². The third-order valence-electron chi connectivity index (χ3n) is 3.63. The maximum atomic E-state index is 12.3. The monoisotopic (exact) mass is 433 g/mol. The molecule has 0 aliphatic carbocycles. The standard InChI is InChI=1S/C19H16BrNO4S/c1-23-13-7-8-16(20)15(9-13)19(22)25-10-12-11-26-18(21-12)14-5-3-4-6-17(14)24-2/h3-9,11H,10H2,1-2H3. The van der Waals surface area contributed by atoms with Crippen molar-refractivity contribution in [2.24, 2.45) is 0 Å². The van der Waals surface area contributed by atoms with Crippen molar-refractivity contribution in [1.82, 2.24) is 4.98 Å². The van der Waals surface area contributed by atoms with Crippen LogP contribution in [0.25, 0.3) is 10.6 Å². The Balaban J connectivity index is 1.71. The topological polar surface area (TPSA) is 57.7 Å². The molecule has 5 nitrogen and oxygen atoms in total. The highest BCUT2D eigenvalue weighted by atomic mass is 79.9. The molecule has 1 heterocycles. The van der Waals surface area contributed by atoms with Crippen molar-refractivity contribution in [3.63, 3.8) is 0 Å². The van der Waals surface area contributed by atoms with Gasteiger partial charge < -0.3 is 14.2 Å². The van der Waals surface area contributed by atoms with Gasteiger partial charge in [0, 0.05) is 9.85 Å². The van der Waals surface area contributed by atoms with E-state index < -0.39 is 5.97 Å². The lowest BCUT2D eigenvalue weighted by molar-refractivity contribution is 0.0467. The number of benzene rings is 2. The average molecular weight is 434 g/mol. The van der Waals surface area contributed by atoms with Gasteiger partial charge in [-0.3, -0.25) is 0 Å². The highest BCUT2D eigenvalue weighted by Crippen LogP contribution is 2.32. The van der Waals surface area contributed by atoms with Crippen LogP contribution in [0.1, 0.15) is 16.1 Å². The van der Waals surface area contributed by atoms with Gasteiger partial charge in [-0.2, -0.15) is 0 Å². The number of para-hydroxylation sites is 1. The van der Waals surface area contributed by atoms with Crippen LogP contribution in [0.5, 0.6) is 11.5 Å². The summed E-state index contributed by atoms with van der Waals surface area (Å²) in [6.07, 6.45) is 0. The summed E-state index contributed by atoms with van der Waals surface area (Å²) >= 11 is 4.83. The van der Waals surface area contributed by atoms with E-state index in [1.165, 1.54) is 11.3 Å². The van der Waals surface area contributed by atoms with E-state index in [1.54, 1.807) is 32.4 Å². The first-order chi connectivity index (χ1) is 12.6. The number of methoxy groups -OCH3 is 2. The summed E-state index contributed by atoms with van der Waals surface area (Å²) in [5.74, 6) is 0.903. The van der Waals surface area contributed by atoms with Crippen LogP contribution in [0.3, 0.4) is 0 Å². The molecule has 3 aromatic rings. The van der Waals surface area contributed by atoms with Gasteiger partial charge >= 0.3 is 5.97 Å². The zero-order valence-corrected chi connectivity index (χ0v) is 16.6. The minimum Gasteiger partial charge on any atom is -0.497 e. The maximum Gasteiger partial charge on any atom is 0.339 e. The largest absolute Gasteiger partial charge is 0.497 e. The number of thiazole rings is 1. The summed E-state index contributed by atoms with van der Waals surface area (Å²) < 4.78 is 16.5. The average Bonchev–Trinajstić information content (AvgIpc) is 3.15. The minimum absolute atomic E-state index is 0.0914. The number of halogens is 1. The van der Waals surface area contributed by atoms with Gasteiger partial charge in [-0.15, -0.1) is 11.3 Å². The van der Waals surface area contributed by atoms with Crippen LogP contribution in [0.15, 0.2) is 52.3 Å². The Bertz CT molecular complexity index is 925. The molecule has 0 fully saturated rings. The molecule has 1 aromatic heterocycles. The zero-order valence-electron chi connectivity index (χ0n) is 14.2. The first-order valence-electron chi connectivity index (χ1n) is 7.71. The quantitative estimate of drug-likeness (QED) is 0.514. The zero-order chi connectivity index (χ0) is 18.5. The molecular weight excluding hydrogens is 418 g/mol. The summed E-state index contributed by atoms with van der Waals surface area (Å²) in [7, 11) is 3.17. The van der Waals surface area contributed by atoms with E-state index in [4.69, 9.17) is 14.2 Å². The van der Waals surface area contributed by atoms with Crippen molar-refractivity contribution in [2.75, 3.05) is 14.2 Å². The fraction of sp³-hybridized carbons (Fsp3) is 0.158. The number of nitrogens with zero attached hydrogens (tertiary/aromatic N) is 1. The molecule has 0 unspecified atom stereocenters. The lowest BCUT2D eigenvalue weighted by Crippen LogP contribution is -2.06. The number of carbonyl (C=O) groups is 1. The smallest absolute Gasteiger partial charge is 0.339 e. The molecule has 0 amide bonds. The third kappa shape index (κ3) is 4.05. The number of rotatable bonds is 6. The van der Waals surface area contributed by atoms with Crippen molar-refractivity contribution in [3.05, 3.63) is 63.6 Å². The summed E-state index contributed by atoms with van der Waals surface area (Å²) in [6.45, 7) is 0.0914. The lowest BCUT2D eigenvalue weighted by Gasteiger charge is -2.07. The van der Waals surface area contributed by atoms with E-state index in [1.807, 2.05) is 29.6 Å². The fourth-order valence-corrected chi connectivity index (χ4v) is 3.57. The predicted octanol–water partition coefficient (Wildman–Crippen LogP) is 4.95. The van der Waals surface area contributed by atoms with Crippen LogP contribution in [-0.2, 0) is 11.3 Å². The molecular formula is C19H16BrNO4S. The maximum absolute atomic E-state index is 12.3. The van der Waals surface area contributed by atoms with E-state index in [0.717, 1.165) is 16.3 Å². The SMILES string of the molecule is COc1ccc(Br)c(C(=O)OCc2csc(-c3ccccc3OC)n2)c1. The van der Waals surface area contributed by atoms with Crippen molar-refractivity contribution >= 4 is 33.2 Å². The summed E-state index contributed by atoms with van der Waals surface area (Å²) in [5.41, 5.74) is 2.00. The lowest BCUT2D eigenvalue weighted by atomic mass is 10.2. The van der Waals surface area contributed by atoms with Gasteiger partial charge in [0.1, 0.15) is 23.1 Å². The first kappa shape index (κ1) is 18.4. The molecule has 0 atom stereocenters. The van der Waals surface area contributed by atoms with Crippen LogP contribution < -0.4 is 9.47 Å². The Morgan fingerprint density at radius 3 is 2.73 bits per heavy atom. The summed E-state index contributed by atoms with van der Waals surface area (Å²) in [5, 5.41) is 2.69. The highest BCUT2D eigenvalue weighted by molar-refractivity contribution is 9.10. The van der Waals surface area contributed by atoms with Gasteiger partial charge in [-0.1, -0.05) is 12.1 Å². The number of esters is 1. The molecule has 0 aliphatic heterocycles. The van der Waals surface area contributed by atoms with Gasteiger partial charge in [0.05, 0.1) is 31.0 Å². The van der Waals surface area contributed by atoms with Crippen LogP contribution in [0.4, 0.5) is 0 Å². The minimum atomic E-state index is -0.442. The Morgan fingerprint density at radius 1 is 1.15 bits per heavy atom. The van der Waals surface area contributed by atoms with Gasteiger partial charge in [0.2, 0.25) is 0 Å². The number of ether oxygens (including phenoxy) is 3. The van der Waals surface area contributed by atoms with Crippen LogP contribution in [0, 0.1) is 0 Å². The molecule has 0 bridgehead atoms. The number of aromatic nitrogens is 1. The van der Waals surface area contributed by atoms with Gasteiger partial charge in [0.25, 0.3) is 0 Å². The fourth-order valence-electron chi connectivity index (χ4n) is 2.32. The summed E-state index contributed by atoms with van der Waals surface area (Å²) in [4.78, 5) is 16.9. The van der Waals surface area contributed by atoms with Crippen molar-refractivity contribution in [2.45, 2.75) is 6.61 Å². The third-order valence-corrected chi connectivity index (χ3v) is 5.25. The second kappa shape index (κ2) is 8.33. The molecule has 7 heteroatoms. The Kier molecular flexibility index (Phi) is 5.90. The molecule has 0 N–H and O–H groups in total. The van der Waals surface area contributed by atoms with E-state index in [-0.39, 0.29) is 6.61 Å². The highest BCUT2D eigenvalue weighted by Gasteiger charge is 2.15. The molecule has 0 saturated heterocycles. The van der Waals surface area contributed by atoms with Gasteiger partial charge in [-0.05, 0) is 46.3 Å². The molecule has 134 valence electrons. The number of hydrogen-bond acceptors (Lipinski definition) is 6. The first-order valence-corrected chi connectivity index (χ1v) is 9.38. The molecule has 0 aliphatic rings. The van der Waals surface area contributed by atoms with Gasteiger partial charge in [-0.25, -0.2) is 9.78 Å². The molecule has 0 radical (unpaired) electrons. The normalized spacial score (nSPS) is 10.4. The molecule has 2 aromatic carbocycles. The molecule has 0 spiro atoms. The van der Waals surface area contributed by atoms with E-state index in [9.17, 15) is 4.79 Å². The number of hydrogen-bond donors (Lipinski definition) is 0. The molecule has 26 heavy (non-hydrogen) atoms. The van der Waals surface area contributed by atoms with Crippen molar-refractivity contribution in [1.29, 1.82) is 0 Å². The van der Waals surface area contributed by atoms with E-state index in [2.05, 4.69) is 20.9 Å². The van der Waals surface area contributed by atoms with Crippen molar-refractivity contribution in [3.8, 4) is 22.1 Å². The van der Waals surface area contributed by atoms with Crippen LogP contribution in [-0.4, -0.2) is 25.2 Å². The Labute approximate surface area is 163 Å². The van der Waals surface area contributed by atoms with Crippen LogP contribution >= 0.6 is 27.3 Å². The second-order valence-corrected chi connectivity index (χ2v) is 6.98. The number of carbonyl (C=O) groups excluding carboxylic acids is 1. The Morgan fingerprint density at radius 2 is 1.96 bits per heavy atom. The summed E-state index contributed by atoms with van der Waals surface area (Å²) in [6, 6.07) is 12.8. The van der Waals surface area contributed by atoms with Gasteiger partial charge in [0.15, 0.2) is 0 Å². The predicted molar refractivity (Wildman–Crippen MR) is 104 cm³/mol. The molecule has 3 rings (SSSR count). The Hall–Kier alpha value is -2.38. The van der Waals surface area contributed by atoms with E-state index >= 15 is 0 Å². The molecule has 0 saturated carbocycles. The van der Waals surface area contributed by atoms with E-state index in [0.29, 0.717) is 21.5 Å².